The van der Waals surface area contributed by atoms with E-state index < -0.39 is 12.4 Å². The van der Waals surface area contributed by atoms with E-state index in [1.54, 1.807) is 6.07 Å². The Labute approximate surface area is 244 Å². The van der Waals surface area contributed by atoms with Gasteiger partial charge in [0, 0.05) is 17.3 Å². The maximum Gasteiger partial charge on any atom is 0.573 e. The van der Waals surface area contributed by atoms with Crippen LogP contribution in [0.2, 0.25) is 0 Å². The first kappa shape index (κ1) is 29.0. The average molecular weight is 599 g/mol. The van der Waals surface area contributed by atoms with Gasteiger partial charge in [-0.15, -0.1) is 18.3 Å². The number of carbonyl (C=O) groups excluding carboxylic acids is 1. The number of alkyl halides is 3. The van der Waals surface area contributed by atoms with Gasteiger partial charge in [0.25, 0.3) is 0 Å². The number of ether oxygens (including phenoxy) is 1. The molecule has 42 heavy (non-hydrogen) atoms. The number of carbonyl (C=O) groups is 1. The van der Waals surface area contributed by atoms with Gasteiger partial charge in [0.1, 0.15) is 17.9 Å². The highest BCUT2D eigenvalue weighted by Crippen LogP contribution is 2.28. The van der Waals surface area contributed by atoms with Crippen molar-refractivity contribution >= 4 is 29.0 Å². The molecule has 0 aliphatic heterocycles. The molecule has 1 aromatic heterocycles. The molecule has 0 bridgehead atoms. The van der Waals surface area contributed by atoms with Crippen LogP contribution in [0.4, 0.5) is 28.0 Å². The molecule has 1 aliphatic carbocycles. The minimum atomic E-state index is -4.76. The van der Waals surface area contributed by atoms with Gasteiger partial charge in [0.15, 0.2) is 10.9 Å². The zero-order valence-corrected chi connectivity index (χ0v) is 23.3. The van der Waals surface area contributed by atoms with Crippen molar-refractivity contribution < 1.29 is 27.1 Å². The molecule has 1 aliphatic rings. The molecule has 3 N–H and O–H groups in total. The summed E-state index contributed by atoms with van der Waals surface area (Å²) < 4.78 is 56.3. The van der Waals surface area contributed by atoms with Crippen molar-refractivity contribution in [3.63, 3.8) is 0 Å². The molecule has 1 heterocycles. The standard InChI is InChI=1S/C29H26F4N6O2S/c1-16(2)24-14-20(30)5-10-25(24)36-28(42)37-27(40)35-21-12-17-3-4-18(11-19(17)13-21)26-34-15-39(38-26)22-6-8-23(9-7-22)41-29(31,32)33/h3-11,14-16,21H,12-13H2,1-2H3,(H3,35,36,37,40,42). The van der Waals surface area contributed by atoms with Crippen molar-refractivity contribution in [1.29, 1.82) is 0 Å². The van der Waals surface area contributed by atoms with E-state index in [2.05, 4.69) is 30.8 Å². The Bertz CT molecular complexity index is 1620. The van der Waals surface area contributed by atoms with E-state index in [9.17, 15) is 22.4 Å². The molecule has 2 amide bonds. The van der Waals surface area contributed by atoms with Gasteiger partial charge in [0.05, 0.1) is 5.69 Å². The second-order valence-electron chi connectivity index (χ2n) is 10.1. The Morgan fingerprint density at radius 1 is 1.05 bits per heavy atom. The molecule has 0 saturated carbocycles. The van der Waals surface area contributed by atoms with E-state index in [4.69, 9.17) is 12.2 Å². The molecular weight excluding hydrogens is 572 g/mol. The number of hydrogen-bond donors (Lipinski definition) is 3. The summed E-state index contributed by atoms with van der Waals surface area (Å²) in [6.45, 7) is 3.87. The molecule has 5 rings (SSSR count). The summed E-state index contributed by atoms with van der Waals surface area (Å²) in [5, 5.41) is 13.1. The molecule has 1 unspecified atom stereocenters. The zero-order chi connectivity index (χ0) is 30.0. The first-order valence-corrected chi connectivity index (χ1v) is 13.4. The van der Waals surface area contributed by atoms with Gasteiger partial charge >= 0.3 is 12.4 Å². The number of thiocarbonyl (C=S) groups is 1. The topological polar surface area (TPSA) is 93.1 Å². The van der Waals surface area contributed by atoms with Crippen LogP contribution in [0, 0.1) is 5.82 Å². The number of aromatic nitrogens is 3. The third-order valence-electron chi connectivity index (χ3n) is 6.67. The number of amides is 2. The Morgan fingerprint density at radius 3 is 2.50 bits per heavy atom. The van der Waals surface area contributed by atoms with Gasteiger partial charge in [-0.1, -0.05) is 26.0 Å². The molecule has 0 fully saturated rings. The van der Waals surface area contributed by atoms with E-state index >= 15 is 0 Å². The fourth-order valence-electron chi connectivity index (χ4n) is 4.78. The van der Waals surface area contributed by atoms with Gasteiger partial charge in [-0.3, -0.25) is 5.32 Å². The minimum Gasteiger partial charge on any atom is -0.406 e. The maximum absolute atomic E-state index is 13.7. The van der Waals surface area contributed by atoms with E-state index in [1.165, 1.54) is 47.4 Å². The number of hydrogen-bond acceptors (Lipinski definition) is 5. The van der Waals surface area contributed by atoms with E-state index in [0.29, 0.717) is 30.0 Å². The van der Waals surface area contributed by atoms with E-state index in [1.807, 2.05) is 32.0 Å². The normalized spacial score (nSPS) is 14.4. The van der Waals surface area contributed by atoms with Crippen LogP contribution < -0.4 is 20.7 Å². The van der Waals surface area contributed by atoms with Crippen LogP contribution in [0.25, 0.3) is 17.1 Å². The Hall–Kier alpha value is -4.52. The molecular formula is C29H26F4N6O2S. The molecule has 1 atom stereocenters. The van der Waals surface area contributed by atoms with Crippen LogP contribution in [-0.4, -0.2) is 38.3 Å². The third-order valence-corrected chi connectivity index (χ3v) is 6.87. The van der Waals surface area contributed by atoms with Gasteiger partial charge in [-0.25, -0.2) is 18.9 Å². The first-order chi connectivity index (χ1) is 19.9. The number of nitrogens with zero attached hydrogens (tertiary/aromatic N) is 3. The van der Waals surface area contributed by atoms with Gasteiger partial charge in [-0.2, -0.15) is 0 Å². The van der Waals surface area contributed by atoms with Crippen molar-refractivity contribution in [3.05, 3.63) is 89.5 Å². The predicted molar refractivity (Wildman–Crippen MR) is 153 cm³/mol. The zero-order valence-electron chi connectivity index (χ0n) is 22.5. The Morgan fingerprint density at radius 2 is 1.79 bits per heavy atom. The highest BCUT2D eigenvalue weighted by molar-refractivity contribution is 7.80. The van der Waals surface area contributed by atoms with Crippen molar-refractivity contribution in [2.75, 3.05) is 5.32 Å². The highest BCUT2D eigenvalue weighted by atomic mass is 32.1. The van der Waals surface area contributed by atoms with Crippen molar-refractivity contribution in [3.8, 4) is 22.8 Å². The summed E-state index contributed by atoms with van der Waals surface area (Å²) >= 11 is 5.29. The van der Waals surface area contributed by atoms with Gasteiger partial charge < -0.3 is 15.4 Å². The van der Waals surface area contributed by atoms with Gasteiger partial charge in [-0.05, 0) is 96.2 Å². The summed E-state index contributed by atoms with van der Waals surface area (Å²) in [4.78, 5) is 17.0. The Kier molecular flexibility index (Phi) is 8.12. The minimum absolute atomic E-state index is 0.0546. The monoisotopic (exact) mass is 598 g/mol. The first-order valence-electron chi connectivity index (χ1n) is 13.0. The van der Waals surface area contributed by atoms with Crippen LogP contribution in [0.15, 0.2) is 67.0 Å². The molecule has 0 spiro atoms. The fraction of sp³-hybridized carbons (Fsp3) is 0.241. The SMILES string of the molecule is CC(C)c1cc(F)ccc1NC(=S)NC(=O)NC1Cc2ccc(-c3ncn(-c4ccc(OC(F)(F)F)cc4)n3)cc2C1. The number of nitrogens with one attached hydrogen (secondary N) is 3. The number of rotatable bonds is 6. The lowest BCUT2D eigenvalue weighted by Gasteiger charge is -2.17. The van der Waals surface area contributed by atoms with Gasteiger partial charge in [0.2, 0.25) is 0 Å². The lowest BCUT2D eigenvalue weighted by molar-refractivity contribution is -0.274. The molecule has 8 nitrogen and oxygen atoms in total. The third kappa shape index (κ3) is 7.03. The lowest BCUT2D eigenvalue weighted by Crippen LogP contribution is -2.46. The average Bonchev–Trinajstić information content (AvgIpc) is 3.55. The van der Waals surface area contributed by atoms with Crippen molar-refractivity contribution in [2.24, 2.45) is 0 Å². The van der Waals surface area contributed by atoms with Crippen LogP contribution >= 0.6 is 12.2 Å². The van der Waals surface area contributed by atoms with E-state index in [0.717, 1.165) is 22.3 Å². The highest BCUT2D eigenvalue weighted by Gasteiger charge is 2.31. The molecule has 3 aromatic carbocycles. The molecule has 0 radical (unpaired) electrons. The fourth-order valence-corrected chi connectivity index (χ4v) is 4.99. The van der Waals surface area contributed by atoms with Crippen molar-refractivity contribution in [1.82, 2.24) is 25.4 Å². The smallest absolute Gasteiger partial charge is 0.406 e. The summed E-state index contributed by atoms with van der Waals surface area (Å²) in [5.41, 5.74) is 4.77. The predicted octanol–water partition coefficient (Wildman–Crippen LogP) is 6.26. The summed E-state index contributed by atoms with van der Waals surface area (Å²) in [5.74, 6) is -0.171. The van der Waals surface area contributed by atoms with E-state index in [-0.39, 0.29) is 28.6 Å². The van der Waals surface area contributed by atoms with Crippen LogP contribution in [0.1, 0.15) is 36.5 Å². The van der Waals surface area contributed by atoms with Crippen LogP contribution in [-0.2, 0) is 12.8 Å². The summed E-state index contributed by atoms with van der Waals surface area (Å²) in [6, 6.07) is 14.9. The molecule has 4 aromatic rings. The number of fused-ring (bicyclic) bond motifs is 1. The van der Waals surface area contributed by atoms with Crippen molar-refractivity contribution in [2.45, 2.75) is 45.0 Å². The number of halogens is 4. The second kappa shape index (κ2) is 11.8. The molecule has 218 valence electrons. The quantitative estimate of drug-likeness (QED) is 0.179. The number of urea groups is 1. The Balaban J connectivity index is 1.18. The van der Waals surface area contributed by atoms with Crippen LogP contribution in [0.3, 0.4) is 0 Å². The number of benzene rings is 3. The number of anilines is 1. The second-order valence-corrected chi connectivity index (χ2v) is 10.5. The molecule has 13 heteroatoms. The maximum atomic E-state index is 13.7. The lowest BCUT2D eigenvalue weighted by atomic mass is 10.0. The summed E-state index contributed by atoms with van der Waals surface area (Å²) in [6.07, 6.45) is -2.06. The summed E-state index contributed by atoms with van der Waals surface area (Å²) in [7, 11) is 0. The van der Waals surface area contributed by atoms with Crippen LogP contribution in [0.5, 0.6) is 5.75 Å². The molecule has 0 saturated heterocycles. The largest absolute Gasteiger partial charge is 0.573 e.